The number of aromatic amines is 1. The van der Waals surface area contributed by atoms with Crippen molar-refractivity contribution in [2.45, 2.75) is 37.7 Å². The maximum Gasteiger partial charge on any atom is 0.410 e. The molecular weight excluding hydrogens is 357 g/mol. The van der Waals surface area contributed by atoms with Gasteiger partial charge in [0.2, 0.25) is 0 Å². The largest absolute Gasteiger partial charge is 0.410 e. The van der Waals surface area contributed by atoms with Crippen molar-refractivity contribution in [2.75, 3.05) is 0 Å². The molecule has 0 radical (unpaired) electrons. The number of nitrogens with one attached hydrogen (secondary N) is 2. The molecule has 2 rings (SSSR count). The molecule has 2 atom stereocenters. The van der Waals surface area contributed by atoms with Crippen LogP contribution in [0.25, 0.3) is 10.9 Å². The van der Waals surface area contributed by atoms with E-state index in [2.05, 4.69) is 9.71 Å². The van der Waals surface area contributed by atoms with Crippen LogP contribution in [0, 0.1) is 11.3 Å². The van der Waals surface area contributed by atoms with Gasteiger partial charge in [0, 0.05) is 24.3 Å². The van der Waals surface area contributed by atoms with E-state index in [4.69, 9.17) is 5.26 Å². The summed E-state index contributed by atoms with van der Waals surface area (Å²) in [4.78, 5) is 14.3. The van der Waals surface area contributed by atoms with Gasteiger partial charge in [0.25, 0.3) is 5.56 Å². The van der Waals surface area contributed by atoms with Gasteiger partial charge in [0.05, 0.1) is 21.3 Å². The second-order valence-electron chi connectivity index (χ2n) is 6.51. The zero-order chi connectivity index (χ0) is 19.2. The summed E-state index contributed by atoms with van der Waals surface area (Å²) in [6.45, 7) is 4.64. The van der Waals surface area contributed by atoms with Crippen molar-refractivity contribution in [3.05, 3.63) is 33.9 Å². The molecule has 0 saturated heterocycles. The first-order valence-electron chi connectivity index (χ1n) is 7.23. The molecule has 136 valence electrons. The Labute approximate surface area is 144 Å². The van der Waals surface area contributed by atoms with Crippen molar-refractivity contribution in [3.8, 4) is 6.07 Å². The second-order valence-corrected chi connectivity index (χ2v) is 8.51. The van der Waals surface area contributed by atoms with E-state index in [-0.39, 0.29) is 22.2 Å². The Kier molecular flexibility index (Phi) is 4.85. The topological polar surface area (TPSA) is 90.7 Å². The molecule has 2 N–H and O–H groups in total. The number of alkyl halides is 3. The zero-order valence-corrected chi connectivity index (χ0v) is 14.8. The zero-order valence-electron chi connectivity index (χ0n) is 14.0. The highest BCUT2D eigenvalue weighted by Gasteiger charge is 2.44. The number of rotatable bonds is 3. The minimum Gasteiger partial charge on any atom is -0.341 e. The molecule has 2 heterocycles. The van der Waals surface area contributed by atoms with Gasteiger partial charge in [0.15, 0.2) is 6.04 Å². The van der Waals surface area contributed by atoms with Crippen LogP contribution in [0.15, 0.2) is 17.1 Å². The molecule has 0 fully saturated rings. The summed E-state index contributed by atoms with van der Waals surface area (Å²) in [7, 11) is -0.691. The van der Waals surface area contributed by atoms with E-state index in [1.54, 1.807) is 20.8 Å². The van der Waals surface area contributed by atoms with Crippen LogP contribution in [0.3, 0.4) is 0 Å². The molecule has 0 aliphatic carbocycles. The second kappa shape index (κ2) is 6.31. The van der Waals surface area contributed by atoms with E-state index >= 15 is 0 Å². The van der Waals surface area contributed by atoms with E-state index in [0.29, 0.717) is 0 Å². The van der Waals surface area contributed by atoms with Gasteiger partial charge in [-0.25, -0.2) is 8.93 Å². The van der Waals surface area contributed by atoms with E-state index in [0.717, 1.165) is 16.8 Å². The monoisotopic (exact) mass is 374 g/mol. The number of fused-ring (bicyclic) bond motifs is 1. The molecule has 25 heavy (non-hydrogen) atoms. The number of nitriles is 1. The summed E-state index contributed by atoms with van der Waals surface area (Å²) in [5.74, 6) is 0. The average molecular weight is 374 g/mol. The van der Waals surface area contributed by atoms with Crippen molar-refractivity contribution in [1.82, 2.24) is 14.3 Å². The van der Waals surface area contributed by atoms with Crippen molar-refractivity contribution in [2.24, 2.45) is 7.05 Å². The molecular formula is C15H17F3N4O2S. The third-order valence-electron chi connectivity index (χ3n) is 3.65. The lowest BCUT2D eigenvalue weighted by molar-refractivity contribution is -0.154. The Morgan fingerprint density at radius 1 is 1.36 bits per heavy atom. The fraction of sp³-hybridized carbons (Fsp3) is 0.467. The van der Waals surface area contributed by atoms with E-state index in [1.807, 2.05) is 6.07 Å². The van der Waals surface area contributed by atoms with Gasteiger partial charge < -0.3 is 9.55 Å². The van der Waals surface area contributed by atoms with Gasteiger partial charge in [-0.1, -0.05) is 0 Å². The first kappa shape index (κ1) is 19.2. The van der Waals surface area contributed by atoms with E-state index in [1.165, 1.54) is 7.05 Å². The quantitative estimate of drug-likeness (QED) is 0.864. The minimum absolute atomic E-state index is 0.0494. The van der Waals surface area contributed by atoms with Gasteiger partial charge >= 0.3 is 6.18 Å². The number of aromatic nitrogens is 2. The summed E-state index contributed by atoms with van der Waals surface area (Å²) in [5, 5.41) is 9.22. The number of aryl methyl sites for hydroxylation is 1. The predicted molar refractivity (Wildman–Crippen MR) is 88.1 cm³/mol. The number of pyridine rings is 1. The Morgan fingerprint density at radius 2 is 1.96 bits per heavy atom. The summed E-state index contributed by atoms with van der Waals surface area (Å²) >= 11 is 0. The van der Waals surface area contributed by atoms with Crippen molar-refractivity contribution >= 4 is 21.9 Å². The standard InChI is InChI=1S/C15H17F3N4O2S/c1-14(2,3)25(24)21-12(15(16,17)18)10-5-9-8(6-19)7-20-13(23)11(9)22(10)4/h5,7,12,21H,1-4H3,(H,20,23)/t12-,25-/m1/s1. The maximum absolute atomic E-state index is 13.6. The van der Waals surface area contributed by atoms with Crippen LogP contribution >= 0.6 is 0 Å². The SMILES string of the molecule is Cn1c([C@@H](N[S@](=O)C(C)(C)C)C(F)(F)F)cc2c(C#N)c[nH]c(=O)c21. The molecule has 6 nitrogen and oxygen atoms in total. The van der Waals surface area contributed by atoms with Gasteiger partial charge in [-0.05, 0) is 26.8 Å². The Bertz CT molecular complexity index is 932. The third-order valence-corrected chi connectivity index (χ3v) is 5.21. The van der Waals surface area contributed by atoms with E-state index < -0.39 is 33.5 Å². The highest BCUT2D eigenvalue weighted by atomic mass is 32.2. The molecule has 0 amide bonds. The maximum atomic E-state index is 13.6. The Morgan fingerprint density at radius 3 is 2.44 bits per heavy atom. The molecule has 10 heteroatoms. The molecule has 2 aromatic rings. The molecule has 0 unspecified atom stereocenters. The average Bonchev–Trinajstić information content (AvgIpc) is 2.81. The normalized spacial score (nSPS) is 15.1. The predicted octanol–water partition coefficient (Wildman–Crippen LogP) is 2.39. The molecule has 0 bridgehead atoms. The summed E-state index contributed by atoms with van der Waals surface area (Å²) in [6.07, 6.45) is -3.60. The highest BCUT2D eigenvalue weighted by Crippen LogP contribution is 2.36. The smallest absolute Gasteiger partial charge is 0.341 e. The van der Waals surface area contributed by atoms with Crippen LogP contribution in [0.2, 0.25) is 0 Å². The first-order chi connectivity index (χ1) is 11.4. The molecule has 0 spiro atoms. The van der Waals surface area contributed by atoms with Crippen LogP contribution in [0.4, 0.5) is 13.2 Å². The number of H-pyrrole nitrogens is 1. The van der Waals surface area contributed by atoms with Crippen molar-refractivity contribution in [1.29, 1.82) is 5.26 Å². The summed E-state index contributed by atoms with van der Waals surface area (Å²) in [6, 6.07) is 0.715. The van der Waals surface area contributed by atoms with Gasteiger partial charge in [-0.15, -0.1) is 0 Å². The number of hydrogen-bond donors (Lipinski definition) is 2. The summed E-state index contributed by atoms with van der Waals surface area (Å²) < 4.78 is 55.2. The fourth-order valence-corrected chi connectivity index (χ4v) is 3.16. The van der Waals surface area contributed by atoms with Crippen LogP contribution in [-0.4, -0.2) is 24.7 Å². The molecule has 0 aliphatic rings. The van der Waals surface area contributed by atoms with Crippen molar-refractivity contribution < 1.29 is 17.4 Å². The fourth-order valence-electron chi connectivity index (χ4n) is 2.33. The lowest BCUT2D eigenvalue weighted by atomic mass is 10.1. The lowest BCUT2D eigenvalue weighted by Gasteiger charge is -2.26. The molecule has 0 aliphatic heterocycles. The van der Waals surface area contributed by atoms with Gasteiger partial charge in [-0.2, -0.15) is 18.4 Å². The number of nitrogens with zero attached hydrogens (tertiary/aromatic N) is 2. The van der Waals surface area contributed by atoms with Crippen LogP contribution in [0.5, 0.6) is 0 Å². The number of halogens is 3. The van der Waals surface area contributed by atoms with Crippen LogP contribution < -0.4 is 10.3 Å². The number of hydrogen-bond acceptors (Lipinski definition) is 3. The Balaban J connectivity index is 2.69. The van der Waals surface area contributed by atoms with Gasteiger partial charge in [0.1, 0.15) is 11.6 Å². The van der Waals surface area contributed by atoms with Gasteiger partial charge in [-0.3, -0.25) is 4.79 Å². The van der Waals surface area contributed by atoms with Crippen LogP contribution in [-0.2, 0) is 18.0 Å². The third kappa shape index (κ3) is 3.62. The summed E-state index contributed by atoms with van der Waals surface area (Å²) in [5.41, 5.74) is -0.908. The van der Waals surface area contributed by atoms with Crippen molar-refractivity contribution in [3.63, 3.8) is 0 Å². The Hall–Kier alpha value is -2.12. The lowest BCUT2D eigenvalue weighted by Crippen LogP contribution is -2.42. The molecule has 0 aromatic carbocycles. The highest BCUT2D eigenvalue weighted by molar-refractivity contribution is 7.84. The molecule has 2 aromatic heterocycles. The van der Waals surface area contributed by atoms with E-state index in [9.17, 15) is 22.2 Å². The van der Waals surface area contributed by atoms with Crippen LogP contribution in [0.1, 0.15) is 38.1 Å². The first-order valence-corrected chi connectivity index (χ1v) is 8.38. The minimum atomic E-state index is -4.75. The molecule has 0 saturated carbocycles.